The maximum absolute atomic E-state index is 10.3. The lowest BCUT2D eigenvalue weighted by Crippen LogP contribution is -2.13. The van der Waals surface area contributed by atoms with Gasteiger partial charge in [-0.1, -0.05) is 27.2 Å². The highest BCUT2D eigenvalue weighted by Gasteiger charge is 2.46. The van der Waals surface area contributed by atoms with Crippen molar-refractivity contribution in [2.45, 2.75) is 33.6 Å². The fourth-order valence-corrected chi connectivity index (χ4v) is 1.53. The van der Waals surface area contributed by atoms with Gasteiger partial charge in [0.1, 0.15) is 6.29 Å². The summed E-state index contributed by atoms with van der Waals surface area (Å²) in [5, 5.41) is 0. The van der Waals surface area contributed by atoms with Gasteiger partial charge in [-0.3, -0.25) is 0 Å². The number of carbonyl (C=O) groups excluding carboxylic acids is 1. The Bertz CT molecular complexity index is 138. The second-order valence-electron chi connectivity index (χ2n) is 3.98. The molecule has 1 aliphatic carbocycles. The first kappa shape index (κ1) is 7.77. The lowest BCUT2D eigenvalue weighted by Gasteiger charge is -2.21. The van der Waals surface area contributed by atoms with Crippen LogP contribution in [0.2, 0.25) is 0 Å². The van der Waals surface area contributed by atoms with E-state index in [1.54, 1.807) is 0 Å². The third-order valence-electron chi connectivity index (χ3n) is 2.93. The van der Waals surface area contributed by atoms with Crippen molar-refractivity contribution in [1.29, 1.82) is 0 Å². The van der Waals surface area contributed by atoms with Crippen LogP contribution in [-0.4, -0.2) is 6.29 Å². The van der Waals surface area contributed by atoms with Crippen molar-refractivity contribution >= 4 is 6.29 Å². The zero-order valence-electron chi connectivity index (χ0n) is 7.05. The van der Waals surface area contributed by atoms with E-state index in [1.165, 1.54) is 6.42 Å². The largest absolute Gasteiger partial charge is 0.303 e. The van der Waals surface area contributed by atoms with E-state index in [4.69, 9.17) is 0 Å². The third kappa shape index (κ3) is 1.23. The van der Waals surface area contributed by atoms with Gasteiger partial charge >= 0.3 is 0 Å². The molecule has 0 saturated heterocycles. The minimum absolute atomic E-state index is 0.384. The maximum Gasteiger partial charge on any atom is 0.123 e. The molecule has 1 heteroatoms. The second kappa shape index (κ2) is 2.37. The average Bonchev–Trinajstić information content (AvgIpc) is 2.66. The van der Waals surface area contributed by atoms with E-state index in [0.29, 0.717) is 17.3 Å². The summed E-state index contributed by atoms with van der Waals surface area (Å²) in [4.78, 5) is 10.3. The van der Waals surface area contributed by atoms with Gasteiger partial charge < -0.3 is 4.79 Å². The highest BCUT2D eigenvalue weighted by Crippen LogP contribution is 2.51. The summed E-state index contributed by atoms with van der Waals surface area (Å²) in [6.07, 6.45) is 3.43. The molecule has 1 rings (SSSR count). The van der Waals surface area contributed by atoms with Gasteiger partial charge in [0.05, 0.1) is 0 Å². The van der Waals surface area contributed by atoms with Crippen LogP contribution in [0.1, 0.15) is 33.6 Å². The van der Waals surface area contributed by atoms with E-state index in [9.17, 15) is 4.79 Å². The summed E-state index contributed by atoms with van der Waals surface area (Å²) in [6.45, 7) is 6.70. The Hall–Kier alpha value is -0.330. The van der Waals surface area contributed by atoms with Crippen LogP contribution in [0.5, 0.6) is 0 Å². The molecular weight excluding hydrogens is 124 g/mol. The van der Waals surface area contributed by atoms with Crippen molar-refractivity contribution in [1.82, 2.24) is 0 Å². The van der Waals surface area contributed by atoms with Gasteiger partial charge in [-0.05, 0) is 17.8 Å². The zero-order chi connectivity index (χ0) is 7.78. The molecular formula is C9H16O. The fraction of sp³-hybridized carbons (Fsp3) is 0.889. The van der Waals surface area contributed by atoms with Gasteiger partial charge in [-0.15, -0.1) is 0 Å². The van der Waals surface area contributed by atoms with Gasteiger partial charge in [0.25, 0.3) is 0 Å². The van der Waals surface area contributed by atoms with Gasteiger partial charge in [-0.2, -0.15) is 0 Å². The van der Waals surface area contributed by atoms with E-state index < -0.39 is 0 Å². The highest BCUT2D eigenvalue weighted by molar-refractivity contribution is 5.58. The summed E-state index contributed by atoms with van der Waals surface area (Å²) >= 11 is 0. The summed E-state index contributed by atoms with van der Waals surface area (Å²) in [6, 6.07) is 0. The van der Waals surface area contributed by atoms with Crippen LogP contribution < -0.4 is 0 Å². The lowest BCUT2D eigenvalue weighted by molar-refractivity contribution is -0.109. The Kier molecular flexibility index (Phi) is 1.84. The van der Waals surface area contributed by atoms with Crippen LogP contribution in [-0.2, 0) is 4.79 Å². The SMILES string of the molecule is CCC(C)(C)[C@@H]1C[C@H]1C=O. The van der Waals surface area contributed by atoms with Crippen LogP contribution in [0.4, 0.5) is 0 Å². The van der Waals surface area contributed by atoms with Crippen molar-refractivity contribution in [3.8, 4) is 0 Å². The predicted octanol–water partition coefficient (Wildman–Crippen LogP) is 2.26. The van der Waals surface area contributed by atoms with Crippen LogP contribution >= 0.6 is 0 Å². The summed E-state index contributed by atoms with van der Waals surface area (Å²) in [7, 11) is 0. The van der Waals surface area contributed by atoms with Crippen molar-refractivity contribution in [2.75, 3.05) is 0 Å². The third-order valence-corrected chi connectivity index (χ3v) is 2.93. The molecule has 0 bridgehead atoms. The average molecular weight is 140 g/mol. The van der Waals surface area contributed by atoms with Crippen LogP contribution in [0.15, 0.2) is 0 Å². The van der Waals surface area contributed by atoms with Crippen molar-refractivity contribution in [3.63, 3.8) is 0 Å². The predicted molar refractivity (Wildman–Crippen MR) is 41.7 cm³/mol. The first-order valence-electron chi connectivity index (χ1n) is 4.07. The zero-order valence-corrected chi connectivity index (χ0v) is 7.05. The number of carbonyl (C=O) groups is 1. The molecule has 2 atom stereocenters. The fourth-order valence-electron chi connectivity index (χ4n) is 1.53. The molecule has 0 radical (unpaired) electrons. The minimum Gasteiger partial charge on any atom is -0.303 e. The molecule has 0 aromatic rings. The van der Waals surface area contributed by atoms with E-state index in [2.05, 4.69) is 20.8 Å². The van der Waals surface area contributed by atoms with E-state index in [1.807, 2.05) is 0 Å². The van der Waals surface area contributed by atoms with Crippen LogP contribution in [0.25, 0.3) is 0 Å². The van der Waals surface area contributed by atoms with Crippen LogP contribution in [0, 0.1) is 17.3 Å². The molecule has 58 valence electrons. The van der Waals surface area contributed by atoms with Gasteiger partial charge in [0, 0.05) is 5.92 Å². The molecule has 10 heavy (non-hydrogen) atoms. The van der Waals surface area contributed by atoms with Crippen molar-refractivity contribution in [3.05, 3.63) is 0 Å². The lowest BCUT2D eigenvalue weighted by atomic mass is 9.84. The maximum atomic E-state index is 10.3. The van der Waals surface area contributed by atoms with E-state index >= 15 is 0 Å². The Balaban J connectivity index is 2.45. The Morgan fingerprint density at radius 2 is 2.20 bits per heavy atom. The first-order valence-corrected chi connectivity index (χ1v) is 4.07. The molecule has 0 spiro atoms. The quantitative estimate of drug-likeness (QED) is 0.549. The van der Waals surface area contributed by atoms with Gasteiger partial charge in [0.2, 0.25) is 0 Å². The molecule has 1 nitrogen and oxygen atoms in total. The number of rotatable bonds is 3. The summed E-state index contributed by atoms with van der Waals surface area (Å²) < 4.78 is 0. The minimum atomic E-state index is 0.384. The topological polar surface area (TPSA) is 17.1 Å². The second-order valence-corrected chi connectivity index (χ2v) is 3.98. The molecule has 1 fully saturated rings. The summed E-state index contributed by atoms with van der Waals surface area (Å²) in [5.41, 5.74) is 0.394. The Morgan fingerprint density at radius 3 is 2.50 bits per heavy atom. The number of hydrogen-bond donors (Lipinski definition) is 0. The molecule has 0 aliphatic heterocycles. The Morgan fingerprint density at radius 1 is 1.60 bits per heavy atom. The molecule has 1 saturated carbocycles. The number of hydrogen-bond acceptors (Lipinski definition) is 1. The molecule has 0 N–H and O–H groups in total. The monoisotopic (exact) mass is 140 g/mol. The molecule has 0 unspecified atom stereocenters. The molecule has 0 heterocycles. The normalized spacial score (nSPS) is 31.9. The highest BCUT2D eigenvalue weighted by atomic mass is 16.1. The summed E-state index contributed by atoms with van der Waals surface area (Å²) in [5.74, 6) is 1.06. The van der Waals surface area contributed by atoms with Gasteiger partial charge in [0.15, 0.2) is 0 Å². The molecule has 0 aromatic heterocycles. The molecule has 0 amide bonds. The van der Waals surface area contributed by atoms with Gasteiger partial charge in [-0.25, -0.2) is 0 Å². The smallest absolute Gasteiger partial charge is 0.123 e. The van der Waals surface area contributed by atoms with Crippen molar-refractivity contribution < 1.29 is 4.79 Å². The first-order chi connectivity index (χ1) is 4.61. The standard InChI is InChI=1S/C9H16O/c1-4-9(2,3)8-5-7(8)6-10/h6-8H,4-5H2,1-3H3/t7-,8+/m0/s1. The van der Waals surface area contributed by atoms with E-state index in [0.717, 1.165) is 12.7 Å². The molecule has 1 aliphatic rings. The Labute approximate surface area is 62.8 Å². The van der Waals surface area contributed by atoms with E-state index in [-0.39, 0.29) is 0 Å². The van der Waals surface area contributed by atoms with Crippen LogP contribution in [0.3, 0.4) is 0 Å². The molecule has 0 aromatic carbocycles. The van der Waals surface area contributed by atoms with Crippen molar-refractivity contribution in [2.24, 2.45) is 17.3 Å². The number of aldehydes is 1.